The lowest BCUT2D eigenvalue weighted by Gasteiger charge is -2.15. The van der Waals surface area contributed by atoms with Gasteiger partial charge in [0, 0.05) is 24.0 Å². The van der Waals surface area contributed by atoms with Crippen molar-refractivity contribution >= 4 is 17.7 Å². The molecule has 0 bridgehead atoms. The van der Waals surface area contributed by atoms with Gasteiger partial charge in [0.05, 0.1) is 24.7 Å². The number of imidazole rings is 1. The van der Waals surface area contributed by atoms with Crippen LogP contribution in [0.5, 0.6) is 0 Å². The normalized spacial score (nSPS) is 14.2. The first-order valence-corrected chi connectivity index (χ1v) is 12.1. The van der Waals surface area contributed by atoms with Gasteiger partial charge in [-0.15, -0.1) is 10.2 Å². The standard InChI is InChI=1S/C25H26N6OS/c1-18(20-9-11-22(12-10-20)30-14-13-26-17-30)27-23(32)16-33-25-29-28-24(21-7-8-21)31(25)15-19-5-3-2-4-6-19/h2-6,9-14,17-18,21H,7-8,15-16H2,1H3,(H,27,32). The van der Waals surface area contributed by atoms with Gasteiger partial charge < -0.3 is 14.5 Å². The van der Waals surface area contributed by atoms with E-state index in [9.17, 15) is 4.79 Å². The maximum Gasteiger partial charge on any atom is 0.230 e. The van der Waals surface area contributed by atoms with Gasteiger partial charge in [0.1, 0.15) is 5.82 Å². The van der Waals surface area contributed by atoms with E-state index in [4.69, 9.17) is 0 Å². The predicted molar refractivity (Wildman–Crippen MR) is 128 cm³/mol. The van der Waals surface area contributed by atoms with Crippen LogP contribution in [0, 0.1) is 0 Å². The van der Waals surface area contributed by atoms with Crippen LogP contribution in [0.2, 0.25) is 0 Å². The molecule has 0 aliphatic heterocycles. The molecule has 1 N–H and O–H groups in total. The maximum atomic E-state index is 12.7. The predicted octanol–water partition coefficient (Wildman–Crippen LogP) is 4.36. The average Bonchev–Trinajstić information content (AvgIpc) is 3.38. The first-order chi connectivity index (χ1) is 16.2. The van der Waals surface area contributed by atoms with Crippen LogP contribution in [-0.4, -0.2) is 36.0 Å². The lowest BCUT2D eigenvalue weighted by Crippen LogP contribution is -2.28. The Morgan fingerprint density at radius 1 is 1.12 bits per heavy atom. The summed E-state index contributed by atoms with van der Waals surface area (Å²) in [4.78, 5) is 16.8. The van der Waals surface area contributed by atoms with Crippen LogP contribution < -0.4 is 5.32 Å². The second kappa shape index (κ2) is 9.62. The Balaban J connectivity index is 1.20. The molecule has 2 aromatic carbocycles. The van der Waals surface area contributed by atoms with Crippen molar-refractivity contribution in [3.05, 3.63) is 90.3 Å². The van der Waals surface area contributed by atoms with Crippen molar-refractivity contribution < 1.29 is 4.79 Å². The zero-order valence-electron chi connectivity index (χ0n) is 18.5. The Morgan fingerprint density at radius 3 is 2.61 bits per heavy atom. The SMILES string of the molecule is CC(NC(=O)CSc1nnc(C2CC2)n1Cc1ccccc1)c1ccc(-n2ccnc2)cc1. The quantitative estimate of drug-likeness (QED) is 0.377. The molecule has 0 spiro atoms. The molecule has 1 saturated carbocycles. The number of aromatic nitrogens is 5. The molecule has 7 nitrogen and oxygen atoms in total. The van der Waals surface area contributed by atoms with Gasteiger partial charge >= 0.3 is 0 Å². The highest BCUT2D eigenvalue weighted by Crippen LogP contribution is 2.40. The molecule has 1 atom stereocenters. The minimum Gasteiger partial charge on any atom is -0.349 e. The molecule has 1 aliphatic rings. The molecule has 2 aromatic heterocycles. The summed E-state index contributed by atoms with van der Waals surface area (Å²) in [6, 6.07) is 18.4. The van der Waals surface area contributed by atoms with Crippen molar-refractivity contribution in [2.75, 3.05) is 5.75 Å². The number of carbonyl (C=O) groups is 1. The Morgan fingerprint density at radius 2 is 1.91 bits per heavy atom. The van der Waals surface area contributed by atoms with Crippen molar-refractivity contribution in [2.45, 2.75) is 43.4 Å². The lowest BCUT2D eigenvalue weighted by molar-refractivity contribution is -0.119. The van der Waals surface area contributed by atoms with Gasteiger partial charge in [0.2, 0.25) is 5.91 Å². The topological polar surface area (TPSA) is 77.6 Å². The van der Waals surface area contributed by atoms with Crippen molar-refractivity contribution in [1.82, 2.24) is 29.6 Å². The van der Waals surface area contributed by atoms with E-state index in [0.29, 0.717) is 11.7 Å². The summed E-state index contributed by atoms with van der Waals surface area (Å²) in [5, 5.41) is 12.7. The highest BCUT2D eigenvalue weighted by Gasteiger charge is 2.30. The molecule has 8 heteroatoms. The number of nitrogens with one attached hydrogen (secondary N) is 1. The van der Waals surface area contributed by atoms with Crippen LogP contribution in [0.25, 0.3) is 5.69 Å². The molecular weight excluding hydrogens is 432 g/mol. The van der Waals surface area contributed by atoms with Crippen molar-refractivity contribution in [1.29, 1.82) is 0 Å². The molecule has 1 fully saturated rings. The number of thioether (sulfide) groups is 1. The number of nitrogens with zero attached hydrogens (tertiary/aromatic N) is 5. The monoisotopic (exact) mass is 458 g/mol. The van der Waals surface area contributed by atoms with E-state index in [0.717, 1.165) is 41.6 Å². The van der Waals surface area contributed by atoms with Gasteiger partial charge in [-0.2, -0.15) is 0 Å². The first kappa shape index (κ1) is 21.5. The zero-order valence-corrected chi connectivity index (χ0v) is 19.3. The summed E-state index contributed by atoms with van der Waals surface area (Å²) in [6.45, 7) is 2.72. The van der Waals surface area contributed by atoms with Gasteiger partial charge in [-0.25, -0.2) is 4.98 Å². The summed E-state index contributed by atoms with van der Waals surface area (Å²) >= 11 is 1.45. The maximum absolute atomic E-state index is 12.7. The van der Waals surface area contributed by atoms with Crippen LogP contribution in [0.1, 0.15) is 48.7 Å². The second-order valence-corrected chi connectivity index (χ2v) is 9.27. The Labute approximate surface area is 197 Å². The molecule has 0 saturated heterocycles. The fourth-order valence-corrected chi connectivity index (χ4v) is 4.56. The minimum absolute atomic E-state index is 0.0200. The third-order valence-electron chi connectivity index (χ3n) is 5.78. The summed E-state index contributed by atoms with van der Waals surface area (Å²) in [7, 11) is 0. The summed E-state index contributed by atoms with van der Waals surface area (Å²) in [5.41, 5.74) is 3.30. The fraction of sp³-hybridized carbons (Fsp3) is 0.280. The first-order valence-electron chi connectivity index (χ1n) is 11.1. The molecular formula is C25H26N6OS. The number of hydrogen-bond donors (Lipinski definition) is 1. The smallest absolute Gasteiger partial charge is 0.230 e. The Bertz CT molecular complexity index is 1200. The minimum atomic E-state index is -0.0841. The average molecular weight is 459 g/mol. The molecule has 1 unspecified atom stereocenters. The van der Waals surface area contributed by atoms with E-state index in [1.165, 1.54) is 17.3 Å². The molecule has 4 aromatic rings. The number of hydrogen-bond acceptors (Lipinski definition) is 5. The highest BCUT2D eigenvalue weighted by molar-refractivity contribution is 7.99. The zero-order chi connectivity index (χ0) is 22.6. The van der Waals surface area contributed by atoms with E-state index in [1.807, 2.05) is 60.2 Å². The van der Waals surface area contributed by atoms with Crippen molar-refractivity contribution in [3.63, 3.8) is 0 Å². The van der Waals surface area contributed by atoms with Gasteiger partial charge in [-0.3, -0.25) is 4.79 Å². The van der Waals surface area contributed by atoms with Gasteiger partial charge in [-0.05, 0) is 43.0 Å². The number of rotatable bonds is 9. The Kier molecular flexibility index (Phi) is 6.26. The van der Waals surface area contributed by atoms with Gasteiger partial charge in [-0.1, -0.05) is 54.2 Å². The third-order valence-corrected chi connectivity index (χ3v) is 6.74. The number of carbonyl (C=O) groups excluding carboxylic acids is 1. The highest BCUT2D eigenvalue weighted by atomic mass is 32.2. The second-order valence-electron chi connectivity index (χ2n) is 8.33. The molecule has 0 radical (unpaired) electrons. The molecule has 2 heterocycles. The van der Waals surface area contributed by atoms with E-state index in [-0.39, 0.29) is 11.9 Å². The molecule has 168 valence electrons. The third kappa shape index (κ3) is 5.17. The van der Waals surface area contributed by atoms with Crippen molar-refractivity contribution in [2.24, 2.45) is 0 Å². The molecule has 1 amide bonds. The van der Waals surface area contributed by atoms with Gasteiger partial charge in [0.15, 0.2) is 5.16 Å². The number of benzene rings is 2. The largest absolute Gasteiger partial charge is 0.349 e. The van der Waals surface area contributed by atoms with E-state index >= 15 is 0 Å². The van der Waals surface area contributed by atoms with Crippen LogP contribution in [-0.2, 0) is 11.3 Å². The van der Waals surface area contributed by atoms with Crippen LogP contribution in [0.4, 0.5) is 0 Å². The van der Waals surface area contributed by atoms with Crippen LogP contribution >= 0.6 is 11.8 Å². The van der Waals surface area contributed by atoms with E-state index in [2.05, 4.69) is 37.2 Å². The van der Waals surface area contributed by atoms with Crippen LogP contribution in [0.15, 0.2) is 78.5 Å². The van der Waals surface area contributed by atoms with Gasteiger partial charge in [0.25, 0.3) is 0 Å². The molecule has 1 aliphatic carbocycles. The fourth-order valence-electron chi connectivity index (χ4n) is 3.81. The summed E-state index contributed by atoms with van der Waals surface area (Å²) in [5.74, 6) is 1.81. The summed E-state index contributed by atoms with van der Waals surface area (Å²) < 4.78 is 4.12. The summed E-state index contributed by atoms with van der Waals surface area (Å²) in [6.07, 6.45) is 7.75. The molecule has 33 heavy (non-hydrogen) atoms. The molecule has 5 rings (SSSR count). The number of amides is 1. The van der Waals surface area contributed by atoms with E-state index in [1.54, 1.807) is 12.5 Å². The van der Waals surface area contributed by atoms with Crippen LogP contribution in [0.3, 0.4) is 0 Å². The van der Waals surface area contributed by atoms with E-state index < -0.39 is 0 Å². The lowest BCUT2D eigenvalue weighted by atomic mass is 10.1. The van der Waals surface area contributed by atoms with Crippen molar-refractivity contribution in [3.8, 4) is 5.69 Å². The Hall–Kier alpha value is -3.39.